The van der Waals surface area contributed by atoms with Crippen LogP contribution in [0.5, 0.6) is 5.75 Å². The van der Waals surface area contributed by atoms with Crippen LogP contribution in [0, 0.1) is 6.92 Å². The molecule has 1 aromatic rings. The van der Waals surface area contributed by atoms with E-state index < -0.39 is 0 Å². The van der Waals surface area contributed by atoms with Gasteiger partial charge in [0.1, 0.15) is 5.75 Å². The van der Waals surface area contributed by atoms with Gasteiger partial charge in [-0.25, -0.2) is 0 Å². The van der Waals surface area contributed by atoms with E-state index in [1.54, 1.807) is 24.1 Å². The molecule has 0 spiro atoms. The van der Waals surface area contributed by atoms with Crippen LogP contribution in [0.2, 0.25) is 0 Å². The van der Waals surface area contributed by atoms with E-state index in [0.29, 0.717) is 12.1 Å². The van der Waals surface area contributed by atoms with Gasteiger partial charge >= 0.3 is 0 Å². The predicted molar refractivity (Wildman–Crippen MR) is 68.8 cm³/mol. The second-order valence-corrected chi connectivity index (χ2v) is 4.75. The van der Waals surface area contributed by atoms with E-state index in [1.165, 1.54) is 6.07 Å². The molecule has 1 heterocycles. The highest BCUT2D eigenvalue weighted by Crippen LogP contribution is 2.20. The number of piperidine rings is 1. The number of ether oxygens (including phenoxy) is 1. The van der Waals surface area contributed by atoms with Crippen molar-refractivity contribution in [3.63, 3.8) is 0 Å². The fourth-order valence-corrected chi connectivity index (χ4v) is 2.24. The number of likely N-dealkylation sites (tertiary alicyclic amines) is 1. The molecule has 98 valence electrons. The minimum atomic E-state index is -0.0351. The molecule has 1 aromatic carbocycles. The van der Waals surface area contributed by atoms with Gasteiger partial charge in [0, 0.05) is 25.8 Å². The van der Waals surface area contributed by atoms with Gasteiger partial charge in [-0.3, -0.25) is 4.79 Å². The van der Waals surface area contributed by atoms with Crippen molar-refractivity contribution < 1.29 is 14.6 Å². The van der Waals surface area contributed by atoms with E-state index in [0.717, 1.165) is 24.9 Å². The fraction of sp³-hybridized carbons (Fsp3) is 0.500. The first-order valence-electron chi connectivity index (χ1n) is 6.23. The Labute approximate surface area is 107 Å². The van der Waals surface area contributed by atoms with Gasteiger partial charge in [0.15, 0.2) is 0 Å². The molecule has 1 atom stereocenters. The zero-order valence-corrected chi connectivity index (χ0v) is 10.8. The normalized spacial score (nSPS) is 19.9. The highest BCUT2D eigenvalue weighted by atomic mass is 16.5. The number of carbonyl (C=O) groups is 1. The Bertz CT molecular complexity index is 445. The van der Waals surface area contributed by atoms with Gasteiger partial charge in [0.25, 0.3) is 5.91 Å². The van der Waals surface area contributed by atoms with Gasteiger partial charge in [0.05, 0.1) is 6.10 Å². The van der Waals surface area contributed by atoms with E-state index >= 15 is 0 Å². The molecule has 0 saturated carbocycles. The summed E-state index contributed by atoms with van der Waals surface area (Å²) in [6.45, 7) is 3.20. The van der Waals surface area contributed by atoms with Gasteiger partial charge < -0.3 is 14.7 Å². The summed E-state index contributed by atoms with van der Waals surface area (Å²) in [5.74, 6) is 0.133. The number of amides is 1. The quantitative estimate of drug-likeness (QED) is 0.871. The number of rotatable bonds is 2. The van der Waals surface area contributed by atoms with Crippen LogP contribution >= 0.6 is 0 Å². The maximum absolute atomic E-state index is 12.3. The summed E-state index contributed by atoms with van der Waals surface area (Å²) in [6, 6.07) is 5.06. The molecule has 1 N–H and O–H groups in total. The van der Waals surface area contributed by atoms with E-state index in [4.69, 9.17) is 4.74 Å². The molecule has 4 nitrogen and oxygen atoms in total. The zero-order valence-electron chi connectivity index (χ0n) is 10.8. The largest absolute Gasteiger partial charge is 0.508 e. The third-order valence-corrected chi connectivity index (χ3v) is 3.45. The van der Waals surface area contributed by atoms with Crippen LogP contribution in [0.3, 0.4) is 0 Å². The highest BCUT2D eigenvalue weighted by molar-refractivity contribution is 5.94. The van der Waals surface area contributed by atoms with Gasteiger partial charge in [-0.2, -0.15) is 0 Å². The molecule has 1 fully saturated rings. The highest BCUT2D eigenvalue weighted by Gasteiger charge is 2.24. The molecule has 2 rings (SSSR count). The number of carbonyl (C=O) groups excluding carboxylic acids is 1. The van der Waals surface area contributed by atoms with Crippen LogP contribution < -0.4 is 0 Å². The topological polar surface area (TPSA) is 49.8 Å². The number of aromatic hydroxyl groups is 1. The minimum Gasteiger partial charge on any atom is -0.508 e. The second-order valence-electron chi connectivity index (χ2n) is 4.75. The standard InChI is InChI=1S/C14H19NO3/c1-10-5-6-11(8-13(10)16)14(17)15-7-3-4-12(9-15)18-2/h5-6,8,12,16H,3-4,7,9H2,1-2H3. The Morgan fingerprint density at radius 2 is 2.28 bits per heavy atom. The molecule has 1 saturated heterocycles. The lowest BCUT2D eigenvalue weighted by atomic mass is 10.1. The van der Waals surface area contributed by atoms with Crippen molar-refractivity contribution in [1.29, 1.82) is 0 Å². The fourth-order valence-electron chi connectivity index (χ4n) is 2.24. The SMILES string of the molecule is COC1CCCN(C(=O)c2ccc(C)c(O)c2)C1. The molecule has 18 heavy (non-hydrogen) atoms. The Hall–Kier alpha value is -1.55. The number of phenolic OH excluding ortho intramolecular Hbond substituents is 1. The van der Waals surface area contributed by atoms with Crippen molar-refractivity contribution in [2.24, 2.45) is 0 Å². The Morgan fingerprint density at radius 3 is 2.94 bits per heavy atom. The monoisotopic (exact) mass is 249 g/mol. The van der Waals surface area contributed by atoms with Crippen LogP contribution in [-0.4, -0.2) is 42.2 Å². The Balaban J connectivity index is 2.12. The lowest BCUT2D eigenvalue weighted by molar-refractivity contribution is 0.0269. The minimum absolute atomic E-state index is 0.0351. The van der Waals surface area contributed by atoms with Crippen LogP contribution in [0.1, 0.15) is 28.8 Å². The number of hydrogen-bond donors (Lipinski definition) is 1. The average Bonchev–Trinajstić information content (AvgIpc) is 2.41. The van der Waals surface area contributed by atoms with Crippen molar-refractivity contribution in [3.05, 3.63) is 29.3 Å². The number of phenols is 1. The lowest BCUT2D eigenvalue weighted by Crippen LogP contribution is -2.42. The molecule has 0 bridgehead atoms. The van der Waals surface area contributed by atoms with E-state index in [-0.39, 0.29) is 17.8 Å². The summed E-state index contributed by atoms with van der Waals surface area (Å²) in [5.41, 5.74) is 1.31. The number of hydrogen-bond acceptors (Lipinski definition) is 3. The molecule has 1 unspecified atom stereocenters. The molecule has 0 aromatic heterocycles. The first kappa shape index (κ1) is 12.9. The zero-order chi connectivity index (χ0) is 13.1. The van der Waals surface area contributed by atoms with Crippen LogP contribution in [0.25, 0.3) is 0 Å². The molecule has 0 aliphatic carbocycles. The van der Waals surface area contributed by atoms with Gasteiger partial charge in [-0.05, 0) is 37.5 Å². The van der Waals surface area contributed by atoms with Gasteiger partial charge in [0.2, 0.25) is 0 Å². The molecule has 4 heteroatoms. The number of benzene rings is 1. The first-order valence-corrected chi connectivity index (χ1v) is 6.23. The smallest absolute Gasteiger partial charge is 0.254 e. The van der Waals surface area contributed by atoms with Crippen LogP contribution in [-0.2, 0) is 4.74 Å². The number of methoxy groups -OCH3 is 1. The van der Waals surface area contributed by atoms with Crippen molar-refractivity contribution in [2.75, 3.05) is 20.2 Å². The number of aryl methyl sites for hydroxylation is 1. The molecular formula is C14H19NO3. The molecule has 1 amide bonds. The van der Waals surface area contributed by atoms with Crippen molar-refractivity contribution in [2.45, 2.75) is 25.9 Å². The molecule has 1 aliphatic heterocycles. The summed E-state index contributed by atoms with van der Waals surface area (Å²) in [7, 11) is 1.68. The Kier molecular flexibility index (Phi) is 3.87. The van der Waals surface area contributed by atoms with Crippen LogP contribution in [0.15, 0.2) is 18.2 Å². The summed E-state index contributed by atoms with van der Waals surface area (Å²) < 4.78 is 5.31. The molecule has 0 radical (unpaired) electrons. The summed E-state index contributed by atoms with van der Waals surface area (Å²) in [5, 5.41) is 9.65. The summed E-state index contributed by atoms with van der Waals surface area (Å²) >= 11 is 0. The predicted octanol–water partition coefficient (Wildman–Crippen LogP) is 1.95. The second kappa shape index (κ2) is 5.40. The van der Waals surface area contributed by atoms with E-state index in [1.807, 2.05) is 6.92 Å². The third-order valence-electron chi connectivity index (χ3n) is 3.45. The number of nitrogens with zero attached hydrogens (tertiary/aromatic N) is 1. The summed E-state index contributed by atoms with van der Waals surface area (Å²) in [6.07, 6.45) is 2.09. The van der Waals surface area contributed by atoms with Crippen molar-refractivity contribution in [3.8, 4) is 5.75 Å². The lowest BCUT2D eigenvalue weighted by Gasteiger charge is -2.32. The van der Waals surface area contributed by atoms with Crippen molar-refractivity contribution >= 4 is 5.91 Å². The van der Waals surface area contributed by atoms with E-state index in [9.17, 15) is 9.90 Å². The average molecular weight is 249 g/mol. The Morgan fingerprint density at radius 1 is 1.50 bits per heavy atom. The van der Waals surface area contributed by atoms with E-state index in [2.05, 4.69) is 0 Å². The summed E-state index contributed by atoms with van der Waals surface area (Å²) in [4.78, 5) is 14.1. The third kappa shape index (κ3) is 2.64. The molecule has 1 aliphatic rings. The maximum atomic E-state index is 12.3. The maximum Gasteiger partial charge on any atom is 0.254 e. The van der Waals surface area contributed by atoms with Gasteiger partial charge in [-0.15, -0.1) is 0 Å². The molecular weight excluding hydrogens is 230 g/mol. The first-order chi connectivity index (χ1) is 8.61. The van der Waals surface area contributed by atoms with Gasteiger partial charge in [-0.1, -0.05) is 6.07 Å². The van der Waals surface area contributed by atoms with Crippen LogP contribution in [0.4, 0.5) is 0 Å². The van der Waals surface area contributed by atoms with Crippen molar-refractivity contribution in [1.82, 2.24) is 4.90 Å².